The number of nitrogens with two attached hydrogens (primary N) is 1. The fraction of sp³-hybridized carbons (Fsp3) is 0.300. The van der Waals surface area contributed by atoms with Crippen LogP contribution in [0, 0.1) is 11.3 Å². The summed E-state index contributed by atoms with van der Waals surface area (Å²) in [6.45, 7) is 1.85. The van der Waals surface area contributed by atoms with E-state index in [0.717, 1.165) is 5.56 Å². The molecule has 0 saturated carbocycles. The van der Waals surface area contributed by atoms with Gasteiger partial charge in [-0.3, -0.25) is 0 Å². The molecule has 0 fully saturated rings. The molecule has 3 heteroatoms. The standard InChI is InChI=1S/C10H12N2O/c1-7(12)10-4-3-9(13-2)5-8(10)6-11/h3-5,7H,12H2,1-2H3/t7-/m1/s1. The number of nitriles is 1. The molecule has 1 aromatic carbocycles. The summed E-state index contributed by atoms with van der Waals surface area (Å²) in [4.78, 5) is 0. The predicted octanol–water partition coefficient (Wildman–Crippen LogP) is 1.59. The fourth-order valence-electron chi connectivity index (χ4n) is 1.16. The molecule has 13 heavy (non-hydrogen) atoms. The number of benzene rings is 1. The molecule has 0 bridgehead atoms. The quantitative estimate of drug-likeness (QED) is 0.744. The third-order valence-corrected chi connectivity index (χ3v) is 1.87. The van der Waals surface area contributed by atoms with Gasteiger partial charge in [0.15, 0.2) is 0 Å². The molecule has 3 nitrogen and oxygen atoms in total. The molecule has 0 aliphatic rings. The molecular weight excluding hydrogens is 164 g/mol. The van der Waals surface area contributed by atoms with E-state index in [2.05, 4.69) is 6.07 Å². The van der Waals surface area contributed by atoms with E-state index in [1.54, 1.807) is 19.2 Å². The molecule has 1 aromatic rings. The fourth-order valence-corrected chi connectivity index (χ4v) is 1.16. The molecule has 2 N–H and O–H groups in total. The SMILES string of the molecule is COc1ccc([C@@H](C)N)c(C#N)c1. The highest BCUT2D eigenvalue weighted by atomic mass is 16.5. The smallest absolute Gasteiger partial charge is 0.120 e. The van der Waals surface area contributed by atoms with Crippen LogP contribution in [0.3, 0.4) is 0 Å². The maximum Gasteiger partial charge on any atom is 0.120 e. The minimum Gasteiger partial charge on any atom is -0.497 e. The average molecular weight is 176 g/mol. The van der Waals surface area contributed by atoms with Crippen molar-refractivity contribution in [1.82, 2.24) is 0 Å². The molecule has 0 heterocycles. The molecule has 0 amide bonds. The largest absolute Gasteiger partial charge is 0.497 e. The highest BCUT2D eigenvalue weighted by Crippen LogP contribution is 2.20. The van der Waals surface area contributed by atoms with Crippen LogP contribution in [0.4, 0.5) is 0 Å². The van der Waals surface area contributed by atoms with Crippen LogP contribution in [0.5, 0.6) is 5.75 Å². The van der Waals surface area contributed by atoms with Crippen molar-refractivity contribution in [2.45, 2.75) is 13.0 Å². The maximum absolute atomic E-state index is 8.83. The van der Waals surface area contributed by atoms with Crippen molar-refractivity contribution < 1.29 is 4.74 Å². The molecule has 0 radical (unpaired) electrons. The van der Waals surface area contributed by atoms with Crippen molar-refractivity contribution in [2.24, 2.45) is 5.73 Å². The van der Waals surface area contributed by atoms with Crippen LogP contribution >= 0.6 is 0 Å². The first-order chi connectivity index (χ1) is 6.19. The molecule has 0 aromatic heterocycles. The third-order valence-electron chi connectivity index (χ3n) is 1.87. The van der Waals surface area contributed by atoms with Gasteiger partial charge in [0, 0.05) is 6.04 Å². The van der Waals surface area contributed by atoms with E-state index in [1.807, 2.05) is 13.0 Å². The first-order valence-electron chi connectivity index (χ1n) is 4.02. The second-order valence-electron chi connectivity index (χ2n) is 2.85. The van der Waals surface area contributed by atoms with E-state index in [-0.39, 0.29) is 6.04 Å². The molecule has 1 rings (SSSR count). The van der Waals surface area contributed by atoms with E-state index in [0.29, 0.717) is 11.3 Å². The van der Waals surface area contributed by atoms with Gasteiger partial charge in [-0.2, -0.15) is 5.26 Å². The van der Waals surface area contributed by atoms with Crippen LogP contribution in [0.2, 0.25) is 0 Å². The van der Waals surface area contributed by atoms with Gasteiger partial charge in [0.2, 0.25) is 0 Å². The molecule has 0 aliphatic heterocycles. The van der Waals surface area contributed by atoms with Gasteiger partial charge in [-0.25, -0.2) is 0 Å². The van der Waals surface area contributed by atoms with E-state index in [4.69, 9.17) is 15.7 Å². The Morgan fingerprint density at radius 3 is 2.69 bits per heavy atom. The van der Waals surface area contributed by atoms with Crippen LogP contribution in [0.1, 0.15) is 24.1 Å². The normalized spacial score (nSPS) is 11.8. The van der Waals surface area contributed by atoms with Gasteiger partial charge >= 0.3 is 0 Å². The summed E-state index contributed by atoms with van der Waals surface area (Å²) in [6, 6.07) is 7.29. The Hall–Kier alpha value is -1.53. The number of rotatable bonds is 2. The maximum atomic E-state index is 8.83. The van der Waals surface area contributed by atoms with Gasteiger partial charge in [-0.05, 0) is 24.6 Å². The predicted molar refractivity (Wildman–Crippen MR) is 50.3 cm³/mol. The summed E-state index contributed by atoms with van der Waals surface area (Å²) in [5.74, 6) is 0.681. The minimum atomic E-state index is -0.124. The highest BCUT2D eigenvalue weighted by molar-refractivity contribution is 5.44. The zero-order chi connectivity index (χ0) is 9.84. The van der Waals surface area contributed by atoms with Crippen molar-refractivity contribution in [3.8, 4) is 11.8 Å². The molecule has 0 unspecified atom stereocenters. The number of nitrogens with zero attached hydrogens (tertiary/aromatic N) is 1. The second-order valence-corrected chi connectivity index (χ2v) is 2.85. The Kier molecular flexibility index (Phi) is 2.88. The van der Waals surface area contributed by atoms with Crippen molar-refractivity contribution in [1.29, 1.82) is 5.26 Å². The number of hydrogen-bond donors (Lipinski definition) is 1. The van der Waals surface area contributed by atoms with Crippen LogP contribution in [0.15, 0.2) is 18.2 Å². The van der Waals surface area contributed by atoms with Gasteiger partial charge in [0.25, 0.3) is 0 Å². The molecular formula is C10H12N2O. The van der Waals surface area contributed by atoms with Crippen molar-refractivity contribution >= 4 is 0 Å². The second kappa shape index (κ2) is 3.92. The van der Waals surface area contributed by atoms with E-state index in [9.17, 15) is 0 Å². The Balaban J connectivity index is 3.18. The average Bonchev–Trinajstić information content (AvgIpc) is 2.16. The van der Waals surface area contributed by atoms with Crippen LogP contribution in [-0.2, 0) is 0 Å². The molecule has 0 saturated heterocycles. The van der Waals surface area contributed by atoms with E-state index in [1.165, 1.54) is 0 Å². The number of ether oxygens (including phenoxy) is 1. The Labute approximate surface area is 77.7 Å². The van der Waals surface area contributed by atoms with Crippen LogP contribution < -0.4 is 10.5 Å². The lowest BCUT2D eigenvalue weighted by Crippen LogP contribution is -2.07. The summed E-state index contributed by atoms with van der Waals surface area (Å²) < 4.78 is 5.00. The van der Waals surface area contributed by atoms with Crippen molar-refractivity contribution in [2.75, 3.05) is 7.11 Å². The molecule has 1 atom stereocenters. The lowest BCUT2D eigenvalue weighted by molar-refractivity contribution is 0.414. The lowest BCUT2D eigenvalue weighted by Gasteiger charge is -2.08. The summed E-state index contributed by atoms with van der Waals surface area (Å²) in [5.41, 5.74) is 7.12. The van der Waals surface area contributed by atoms with Gasteiger partial charge < -0.3 is 10.5 Å². The summed E-state index contributed by atoms with van der Waals surface area (Å²) >= 11 is 0. The number of hydrogen-bond acceptors (Lipinski definition) is 3. The van der Waals surface area contributed by atoms with E-state index < -0.39 is 0 Å². The van der Waals surface area contributed by atoms with E-state index >= 15 is 0 Å². The summed E-state index contributed by atoms with van der Waals surface area (Å²) in [7, 11) is 1.57. The summed E-state index contributed by atoms with van der Waals surface area (Å²) in [6.07, 6.45) is 0. The molecule has 68 valence electrons. The van der Waals surface area contributed by atoms with Crippen molar-refractivity contribution in [3.05, 3.63) is 29.3 Å². The Bertz CT molecular complexity index is 339. The topological polar surface area (TPSA) is 59.0 Å². The monoisotopic (exact) mass is 176 g/mol. The Morgan fingerprint density at radius 2 is 2.23 bits per heavy atom. The first kappa shape index (κ1) is 9.56. The Morgan fingerprint density at radius 1 is 1.54 bits per heavy atom. The number of methoxy groups -OCH3 is 1. The van der Waals surface area contributed by atoms with Gasteiger partial charge in [0.05, 0.1) is 18.7 Å². The highest BCUT2D eigenvalue weighted by Gasteiger charge is 2.06. The first-order valence-corrected chi connectivity index (χ1v) is 4.02. The molecule has 0 spiro atoms. The van der Waals surface area contributed by atoms with Gasteiger partial charge in [-0.1, -0.05) is 6.07 Å². The van der Waals surface area contributed by atoms with Gasteiger partial charge in [-0.15, -0.1) is 0 Å². The molecule has 0 aliphatic carbocycles. The zero-order valence-electron chi connectivity index (χ0n) is 7.74. The van der Waals surface area contributed by atoms with Crippen molar-refractivity contribution in [3.63, 3.8) is 0 Å². The minimum absolute atomic E-state index is 0.124. The summed E-state index contributed by atoms with van der Waals surface area (Å²) in [5, 5.41) is 8.83. The van der Waals surface area contributed by atoms with Gasteiger partial charge in [0.1, 0.15) is 5.75 Å². The third kappa shape index (κ3) is 1.98. The van der Waals surface area contributed by atoms with Crippen LogP contribution in [-0.4, -0.2) is 7.11 Å². The van der Waals surface area contributed by atoms with Crippen LogP contribution in [0.25, 0.3) is 0 Å². The lowest BCUT2D eigenvalue weighted by atomic mass is 10.0. The zero-order valence-corrected chi connectivity index (χ0v) is 7.74.